The molecule has 256 valence electrons. The molecular formula is C38H58NiO6. The van der Waals surface area contributed by atoms with E-state index in [1.165, 1.54) is 75.6 Å². The van der Waals surface area contributed by atoms with Gasteiger partial charge in [-0.1, -0.05) is 120 Å². The van der Waals surface area contributed by atoms with Crippen molar-refractivity contribution in [2.45, 2.75) is 156 Å². The van der Waals surface area contributed by atoms with E-state index in [4.69, 9.17) is 0 Å². The van der Waals surface area contributed by atoms with Gasteiger partial charge in [-0.15, -0.1) is 0 Å². The minimum Gasteiger partial charge on any atom is -0.545 e. The van der Waals surface area contributed by atoms with E-state index in [-0.39, 0.29) is 49.9 Å². The van der Waals surface area contributed by atoms with Crippen molar-refractivity contribution in [1.29, 1.82) is 0 Å². The maximum Gasteiger partial charge on any atom is 2.00 e. The van der Waals surface area contributed by atoms with E-state index >= 15 is 0 Å². The molecule has 0 atom stereocenters. The van der Waals surface area contributed by atoms with E-state index in [9.17, 15) is 30.0 Å². The van der Waals surface area contributed by atoms with Crippen LogP contribution in [0.5, 0.6) is 11.5 Å². The third-order valence-corrected chi connectivity index (χ3v) is 8.08. The van der Waals surface area contributed by atoms with E-state index in [0.29, 0.717) is 24.0 Å². The molecule has 0 bridgehead atoms. The van der Waals surface area contributed by atoms with Gasteiger partial charge < -0.3 is 30.0 Å². The zero-order valence-electron chi connectivity index (χ0n) is 29.1. The molecule has 7 heteroatoms. The van der Waals surface area contributed by atoms with E-state index in [1.807, 2.05) is 41.5 Å². The number of carbonyl (C=O) groups is 2. The van der Waals surface area contributed by atoms with Crippen LogP contribution in [-0.2, 0) is 40.2 Å². The SMILES string of the molecule is CCCCCCCCc1c(O)ccc(C(=O)[O-])c1C(C)(C)C.CCCCCCCCc1c(O)ccc(C(=O)[O-])c1C(C)(C)C.[Ni+2]. The zero-order chi connectivity index (χ0) is 33.5. The molecule has 0 fully saturated rings. The average Bonchev–Trinajstić information content (AvgIpc) is 2.92. The van der Waals surface area contributed by atoms with E-state index < -0.39 is 11.9 Å². The summed E-state index contributed by atoms with van der Waals surface area (Å²) >= 11 is 0. The number of carboxylic acids is 2. The van der Waals surface area contributed by atoms with Crippen LogP contribution < -0.4 is 10.2 Å². The summed E-state index contributed by atoms with van der Waals surface area (Å²) in [5.41, 5.74) is 2.67. The first-order valence-corrected chi connectivity index (χ1v) is 16.7. The minimum atomic E-state index is -1.17. The molecule has 0 heterocycles. The summed E-state index contributed by atoms with van der Waals surface area (Å²) in [7, 11) is 0. The number of aromatic carboxylic acids is 2. The Balaban J connectivity index is 0.000000842. The number of benzene rings is 2. The van der Waals surface area contributed by atoms with Crippen molar-refractivity contribution in [3.63, 3.8) is 0 Å². The smallest absolute Gasteiger partial charge is 0.545 e. The maximum absolute atomic E-state index is 11.4. The number of hydrogen-bond donors (Lipinski definition) is 2. The molecule has 0 unspecified atom stereocenters. The van der Waals surface area contributed by atoms with Crippen molar-refractivity contribution < 1.29 is 46.5 Å². The molecule has 0 saturated heterocycles. The van der Waals surface area contributed by atoms with Crippen LogP contribution in [0.4, 0.5) is 0 Å². The molecule has 45 heavy (non-hydrogen) atoms. The summed E-state index contributed by atoms with van der Waals surface area (Å²) in [6, 6.07) is 5.87. The van der Waals surface area contributed by atoms with Crippen LogP contribution in [0.1, 0.15) is 175 Å². The van der Waals surface area contributed by atoms with Gasteiger partial charge in [0.05, 0.1) is 11.9 Å². The molecule has 6 nitrogen and oxygen atoms in total. The molecule has 0 radical (unpaired) electrons. The molecule has 2 N–H and O–H groups in total. The molecule has 0 aliphatic rings. The van der Waals surface area contributed by atoms with Gasteiger partial charge in [0.2, 0.25) is 0 Å². The van der Waals surface area contributed by atoms with E-state index in [2.05, 4.69) is 13.8 Å². The number of carboxylic acid groups (broad SMARTS) is 2. The molecule has 0 aliphatic carbocycles. The van der Waals surface area contributed by atoms with Crippen LogP contribution in [0.3, 0.4) is 0 Å². The predicted octanol–water partition coefficient (Wildman–Crippen LogP) is 7.91. The van der Waals surface area contributed by atoms with Gasteiger partial charge in [-0.2, -0.15) is 0 Å². The van der Waals surface area contributed by atoms with Gasteiger partial charge in [0.15, 0.2) is 0 Å². The van der Waals surface area contributed by atoms with Gasteiger partial charge in [-0.05, 0) is 83.0 Å². The Bertz CT molecular complexity index is 1100. The molecule has 2 aromatic rings. The third kappa shape index (κ3) is 14.2. The second-order valence-corrected chi connectivity index (χ2v) is 14.1. The van der Waals surface area contributed by atoms with Gasteiger partial charge >= 0.3 is 16.5 Å². The standard InChI is InChI=1S/2C19H30O3.Ni/c2*1-5-6-7-8-9-10-11-14-16(20)13-12-15(18(21)22)17(14)19(2,3)4;/h2*12-13,20H,5-11H2,1-4H3,(H,21,22);/q;;+2/p-2. The van der Waals surface area contributed by atoms with Crippen molar-refractivity contribution in [2.75, 3.05) is 0 Å². The van der Waals surface area contributed by atoms with Crippen LogP contribution in [-0.4, -0.2) is 22.2 Å². The van der Waals surface area contributed by atoms with Crippen LogP contribution in [0.25, 0.3) is 0 Å². The summed E-state index contributed by atoms with van der Waals surface area (Å²) in [5.74, 6) is -1.95. The van der Waals surface area contributed by atoms with Gasteiger partial charge in [0.1, 0.15) is 11.5 Å². The Morgan fingerprint density at radius 3 is 1.11 bits per heavy atom. The van der Waals surface area contributed by atoms with Crippen molar-refractivity contribution in [3.8, 4) is 11.5 Å². The monoisotopic (exact) mass is 668 g/mol. The Kier molecular flexibility index (Phi) is 19.4. The molecule has 2 rings (SSSR count). The summed E-state index contributed by atoms with van der Waals surface area (Å²) in [5, 5.41) is 43.2. The first kappa shape index (κ1) is 42.5. The maximum atomic E-state index is 11.4. The Morgan fingerprint density at radius 2 is 0.844 bits per heavy atom. The topological polar surface area (TPSA) is 121 Å². The first-order valence-electron chi connectivity index (χ1n) is 16.7. The number of rotatable bonds is 16. The number of hydrogen-bond acceptors (Lipinski definition) is 6. The van der Waals surface area contributed by atoms with Crippen molar-refractivity contribution in [3.05, 3.63) is 57.6 Å². The number of aromatic hydroxyl groups is 2. The summed E-state index contributed by atoms with van der Waals surface area (Å²) in [4.78, 5) is 22.8. The summed E-state index contributed by atoms with van der Waals surface area (Å²) < 4.78 is 0. The molecule has 2 aromatic carbocycles. The predicted molar refractivity (Wildman–Crippen MR) is 176 cm³/mol. The van der Waals surface area contributed by atoms with Crippen molar-refractivity contribution >= 4 is 11.9 Å². The fraction of sp³-hybridized carbons (Fsp3) is 0.632. The van der Waals surface area contributed by atoms with Crippen molar-refractivity contribution in [1.82, 2.24) is 0 Å². The normalized spacial score (nSPS) is 11.4. The third-order valence-electron chi connectivity index (χ3n) is 8.08. The molecule has 0 spiro atoms. The number of carbonyl (C=O) groups excluding carboxylic acids is 2. The first-order chi connectivity index (χ1) is 20.6. The molecular weight excluding hydrogens is 611 g/mol. The van der Waals surface area contributed by atoms with Gasteiger partial charge in [0.25, 0.3) is 0 Å². The van der Waals surface area contributed by atoms with Gasteiger partial charge in [-0.25, -0.2) is 0 Å². The second-order valence-electron chi connectivity index (χ2n) is 14.1. The summed E-state index contributed by atoms with van der Waals surface area (Å²) in [6.07, 6.45) is 15.4. The van der Waals surface area contributed by atoms with Gasteiger partial charge in [-0.3, -0.25) is 0 Å². The van der Waals surface area contributed by atoms with E-state index in [0.717, 1.165) is 36.8 Å². The zero-order valence-corrected chi connectivity index (χ0v) is 30.0. The van der Waals surface area contributed by atoms with Crippen LogP contribution >= 0.6 is 0 Å². The Hall–Kier alpha value is -2.53. The quantitative estimate of drug-likeness (QED) is 0.138. The minimum absolute atomic E-state index is 0. The van der Waals surface area contributed by atoms with Crippen LogP contribution in [0.15, 0.2) is 24.3 Å². The molecule has 0 saturated carbocycles. The molecule has 0 aliphatic heterocycles. The van der Waals surface area contributed by atoms with Crippen LogP contribution in [0, 0.1) is 0 Å². The molecule has 0 aromatic heterocycles. The van der Waals surface area contributed by atoms with Gasteiger partial charge in [0, 0.05) is 11.1 Å². The van der Waals surface area contributed by atoms with E-state index in [1.54, 1.807) is 0 Å². The summed E-state index contributed by atoms with van der Waals surface area (Å²) in [6.45, 7) is 16.2. The fourth-order valence-corrected chi connectivity index (χ4v) is 6.00. The number of phenols is 2. The second kappa shape index (κ2) is 20.6. The fourth-order valence-electron chi connectivity index (χ4n) is 6.00. The van der Waals surface area contributed by atoms with Crippen molar-refractivity contribution in [2.24, 2.45) is 0 Å². The Morgan fingerprint density at radius 1 is 0.556 bits per heavy atom. The largest absolute Gasteiger partial charge is 2.00 e. The average molecular weight is 670 g/mol. The Labute approximate surface area is 283 Å². The number of phenolic OH excluding ortho intramolecular Hbond substituents is 2. The van der Waals surface area contributed by atoms with Crippen LogP contribution in [0.2, 0.25) is 0 Å². The molecule has 0 amide bonds. The number of unbranched alkanes of at least 4 members (excludes halogenated alkanes) is 10.